The Kier molecular flexibility index (Phi) is 6.94. The molecule has 0 atom stereocenters. The summed E-state index contributed by atoms with van der Waals surface area (Å²) < 4.78 is 36.7. The molecular formula is C10H20F3N3O. The van der Waals surface area contributed by atoms with Crippen LogP contribution in [0.3, 0.4) is 0 Å². The molecule has 0 radical (unpaired) electrons. The summed E-state index contributed by atoms with van der Waals surface area (Å²) in [6.45, 7) is 2.93. The normalized spacial score (nSPS) is 13.7. The van der Waals surface area contributed by atoms with Crippen LogP contribution in [0.4, 0.5) is 13.2 Å². The van der Waals surface area contributed by atoms with Crippen molar-refractivity contribution in [2.75, 3.05) is 13.1 Å². The lowest BCUT2D eigenvalue weighted by Crippen LogP contribution is -2.39. The number of unbranched alkanes of at least 4 members (excludes halogenated alkanes) is 1. The number of oxime groups is 1. The van der Waals surface area contributed by atoms with Crippen LogP contribution in [0.5, 0.6) is 0 Å². The standard InChI is InChI=1S/C10H20F3N3O/c1-8(2)16(7-10(11,12)13)6-4-3-5-9(14)15-17/h8,17H,3-7H2,1-2H3,(H2,14,15). The van der Waals surface area contributed by atoms with Crippen LogP contribution >= 0.6 is 0 Å². The third-order valence-electron chi connectivity index (χ3n) is 2.37. The Morgan fingerprint density at radius 1 is 1.35 bits per heavy atom. The van der Waals surface area contributed by atoms with Gasteiger partial charge in [0.2, 0.25) is 0 Å². The summed E-state index contributed by atoms with van der Waals surface area (Å²) in [5.74, 6) is 0.108. The van der Waals surface area contributed by atoms with E-state index >= 15 is 0 Å². The van der Waals surface area contributed by atoms with Crippen molar-refractivity contribution in [2.24, 2.45) is 10.9 Å². The van der Waals surface area contributed by atoms with Crippen molar-refractivity contribution in [2.45, 2.75) is 45.3 Å². The first-order chi connectivity index (χ1) is 7.76. The van der Waals surface area contributed by atoms with Crippen LogP contribution in [0.25, 0.3) is 0 Å². The first-order valence-corrected chi connectivity index (χ1v) is 5.53. The molecule has 0 saturated heterocycles. The predicted octanol–water partition coefficient (Wildman–Crippen LogP) is 2.18. The highest BCUT2D eigenvalue weighted by atomic mass is 19.4. The zero-order valence-corrected chi connectivity index (χ0v) is 10.2. The Morgan fingerprint density at radius 3 is 2.35 bits per heavy atom. The Morgan fingerprint density at radius 2 is 1.94 bits per heavy atom. The van der Waals surface area contributed by atoms with Gasteiger partial charge in [0, 0.05) is 12.5 Å². The molecule has 17 heavy (non-hydrogen) atoms. The Labute approximate surface area is 99.3 Å². The van der Waals surface area contributed by atoms with Crippen LogP contribution in [0.15, 0.2) is 5.16 Å². The average molecular weight is 255 g/mol. The van der Waals surface area contributed by atoms with E-state index < -0.39 is 12.7 Å². The van der Waals surface area contributed by atoms with E-state index in [0.717, 1.165) is 0 Å². The van der Waals surface area contributed by atoms with Crippen molar-refractivity contribution in [3.05, 3.63) is 0 Å². The molecule has 102 valence electrons. The van der Waals surface area contributed by atoms with E-state index in [2.05, 4.69) is 5.16 Å². The van der Waals surface area contributed by atoms with Crippen LogP contribution in [0, 0.1) is 0 Å². The quantitative estimate of drug-likeness (QED) is 0.241. The van der Waals surface area contributed by atoms with Gasteiger partial charge in [-0.3, -0.25) is 4.90 Å². The molecule has 0 heterocycles. The lowest BCUT2D eigenvalue weighted by atomic mass is 10.2. The minimum Gasteiger partial charge on any atom is -0.409 e. The second kappa shape index (κ2) is 7.37. The lowest BCUT2D eigenvalue weighted by molar-refractivity contribution is -0.149. The van der Waals surface area contributed by atoms with Gasteiger partial charge in [-0.2, -0.15) is 13.2 Å². The van der Waals surface area contributed by atoms with Crippen LogP contribution in [-0.4, -0.2) is 41.3 Å². The van der Waals surface area contributed by atoms with E-state index in [1.807, 2.05) is 0 Å². The van der Waals surface area contributed by atoms with E-state index in [0.29, 0.717) is 25.8 Å². The first kappa shape index (κ1) is 16.0. The lowest BCUT2D eigenvalue weighted by Gasteiger charge is -2.27. The highest BCUT2D eigenvalue weighted by Crippen LogP contribution is 2.18. The van der Waals surface area contributed by atoms with Gasteiger partial charge < -0.3 is 10.9 Å². The third-order valence-corrected chi connectivity index (χ3v) is 2.37. The highest BCUT2D eigenvalue weighted by Gasteiger charge is 2.31. The summed E-state index contributed by atoms with van der Waals surface area (Å²) in [7, 11) is 0. The first-order valence-electron chi connectivity index (χ1n) is 5.53. The van der Waals surface area contributed by atoms with Gasteiger partial charge in [0.05, 0.1) is 6.54 Å². The number of alkyl halides is 3. The van der Waals surface area contributed by atoms with Crippen LogP contribution in [-0.2, 0) is 0 Å². The molecule has 0 aliphatic carbocycles. The van der Waals surface area contributed by atoms with E-state index in [4.69, 9.17) is 10.9 Å². The second-order valence-electron chi connectivity index (χ2n) is 4.23. The fourth-order valence-electron chi connectivity index (χ4n) is 1.42. The Balaban J connectivity index is 3.95. The molecule has 0 fully saturated rings. The van der Waals surface area contributed by atoms with Gasteiger partial charge >= 0.3 is 6.18 Å². The molecule has 0 bridgehead atoms. The summed E-state index contributed by atoms with van der Waals surface area (Å²) >= 11 is 0. The summed E-state index contributed by atoms with van der Waals surface area (Å²) in [5.41, 5.74) is 5.26. The van der Waals surface area contributed by atoms with Crippen LogP contribution < -0.4 is 5.73 Å². The maximum Gasteiger partial charge on any atom is 0.401 e. The summed E-state index contributed by atoms with van der Waals surface area (Å²) in [4.78, 5) is 1.37. The number of amidine groups is 1. The van der Waals surface area contributed by atoms with Gasteiger partial charge in [-0.1, -0.05) is 5.16 Å². The van der Waals surface area contributed by atoms with E-state index in [1.165, 1.54) is 4.90 Å². The van der Waals surface area contributed by atoms with E-state index in [1.54, 1.807) is 13.8 Å². The number of nitrogens with two attached hydrogens (primary N) is 1. The van der Waals surface area contributed by atoms with Crippen molar-refractivity contribution in [3.63, 3.8) is 0 Å². The van der Waals surface area contributed by atoms with Gasteiger partial charge in [0.25, 0.3) is 0 Å². The van der Waals surface area contributed by atoms with Crippen molar-refractivity contribution in [1.29, 1.82) is 0 Å². The van der Waals surface area contributed by atoms with Gasteiger partial charge in [0.15, 0.2) is 0 Å². The molecular weight excluding hydrogens is 235 g/mol. The molecule has 0 aliphatic rings. The van der Waals surface area contributed by atoms with Gasteiger partial charge in [-0.05, 0) is 33.2 Å². The van der Waals surface area contributed by atoms with Crippen molar-refractivity contribution < 1.29 is 18.4 Å². The SMILES string of the molecule is CC(C)N(CCCCC(N)=NO)CC(F)(F)F. The predicted molar refractivity (Wildman–Crippen MR) is 60.0 cm³/mol. The summed E-state index contributed by atoms with van der Waals surface area (Å²) in [5, 5.41) is 11.1. The number of hydrogen-bond acceptors (Lipinski definition) is 3. The van der Waals surface area contributed by atoms with Gasteiger partial charge in [0.1, 0.15) is 5.84 Å². The topological polar surface area (TPSA) is 61.8 Å². The smallest absolute Gasteiger partial charge is 0.401 e. The summed E-state index contributed by atoms with van der Waals surface area (Å²) in [6.07, 6.45) is -2.58. The average Bonchev–Trinajstić information content (AvgIpc) is 2.20. The summed E-state index contributed by atoms with van der Waals surface area (Å²) in [6, 6.07) is -0.152. The number of rotatable bonds is 7. The largest absolute Gasteiger partial charge is 0.409 e. The molecule has 0 aliphatic heterocycles. The monoisotopic (exact) mass is 255 g/mol. The van der Waals surface area contributed by atoms with Gasteiger partial charge in [-0.25, -0.2) is 0 Å². The third kappa shape index (κ3) is 8.79. The zero-order valence-electron chi connectivity index (χ0n) is 10.2. The van der Waals surface area contributed by atoms with Crippen molar-refractivity contribution >= 4 is 5.84 Å². The zero-order chi connectivity index (χ0) is 13.5. The fourth-order valence-corrected chi connectivity index (χ4v) is 1.42. The second-order valence-corrected chi connectivity index (χ2v) is 4.23. The molecule has 4 nitrogen and oxygen atoms in total. The molecule has 0 saturated carbocycles. The van der Waals surface area contributed by atoms with Crippen molar-refractivity contribution in [3.8, 4) is 0 Å². The Hall–Kier alpha value is -0.980. The molecule has 7 heteroatoms. The number of nitrogens with zero attached hydrogens (tertiary/aromatic N) is 2. The highest BCUT2D eigenvalue weighted by molar-refractivity contribution is 5.79. The fraction of sp³-hybridized carbons (Fsp3) is 0.900. The van der Waals surface area contributed by atoms with Crippen LogP contribution in [0.1, 0.15) is 33.1 Å². The Bertz CT molecular complexity index is 241. The molecule has 0 unspecified atom stereocenters. The van der Waals surface area contributed by atoms with E-state index in [-0.39, 0.29) is 11.9 Å². The molecule has 0 aromatic rings. The number of hydrogen-bond donors (Lipinski definition) is 2. The van der Waals surface area contributed by atoms with Crippen LogP contribution in [0.2, 0.25) is 0 Å². The molecule has 0 amide bonds. The molecule has 0 rings (SSSR count). The molecule has 0 aromatic heterocycles. The molecule has 0 spiro atoms. The maximum absolute atomic E-state index is 12.2. The molecule has 3 N–H and O–H groups in total. The maximum atomic E-state index is 12.2. The minimum atomic E-state index is -4.17. The molecule has 0 aromatic carbocycles. The van der Waals surface area contributed by atoms with E-state index in [9.17, 15) is 13.2 Å². The van der Waals surface area contributed by atoms with Crippen molar-refractivity contribution in [1.82, 2.24) is 4.90 Å². The number of halogens is 3. The van der Waals surface area contributed by atoms with Gasteiger partial charge in [-0.15, -0.1) is 0 Å². The minimum absolute atomic E-state index is 0.108.